The topological polar surface area (TPSA) is 66.5 Å². The smallest absolute Gasteiger partial charge is 0.251 e. The van der Waals surface area contributed by atoms with Gasteiger partial charge in [0, 0.05) is 24.7 Å². The van der Waals surface area contributed by atoms with Crippen molar-refractivity contribution in [3.8, 4) is 0 Å². The van der Waals surface area contributed by atoms with Crippen molar-refractivity contribution in [1.29, 1.82) is 0 Å². The first kappa shape index (κ1) is 20.6. The standard InChI is InChI=1S/C22H28N2O3S/c1-18-8-5-6-17-24(18)28(26,27)21-14-12-20(13-15-21)22(25)23-16-7-11-19-9-3-2-4-10-19/h2-4,9-10,12-15,18H,5-8,11,16-17H2,1H3,(H,23,25). The van der Waals surface area contributed by atoms with Crippen LogP contribution < -0.4 is 5.32 Å². The Morgan fingerprint density at radius 1 is 1.07 bits per heavy atom. The van der Waals surface area contributed by atoms with Crippen LogP contribution in [0, 0.1) is 0 Å². The van der Waals surface area contributed by atoms with E-state index in [4.69, 9.17) is 0 Å². The van der Waals surface area contributed by atoms with Crippen molar-refractivity contribution < 1.29 is 13.2 Å². The van der Waals surface area contributed by atoms with Crippen LogP contribution in [0.15, 0.2) is 59.5 Å². The summed E-state index contributed by atoms with van der Waals surface area (Å²) in [5.74, 6) is -0.177. The predicted octanol–water partition coefficient (Wildman–Crippen LogP) is 3.61. The second-order valence-electron chi connectivity index (χ2n) is 7.33. The van der Waals surface area contributed by atoms with Crippen molar-refractivity contribution in [3.05, 3.63) is 65.7 Å². The minimum atomic E-state index is -3.50. The summed E-state index contributed by atoms with van der Waals surface area (Å²) in [7, 11) is -3.50. The molecule has 2 aromatic carbocycles. The number of hydrogen-bond acceptors (Lipinski definition) is 3. The third-order valence-electron chi connectivity index (χ3n) is 5.24. The quantitative estimate of drug-likeness (QED) is 0.722. The first-order valence-corrected chi connectivity index (χ1v) is 11.4. The number of amides is 1. The molecular weight excluding hydrogens is 372 g/mol. The molecule has 1 saturated heterocycles. The van der Waals surface area contributed by atoms with Crippen molar-refractivity contribution in [2.24, 2.45) is 0 Å². The number of nitrogens with zero attached hydrogens (tertiary/aromatic N) is 1. The Morgan fingerprint density at radius 2 is 1.79 bits per heavy atom. The third-order valence-corrected chi connectivity index (χ3v) is 7.26. The molecule has 5 nitrogen and oxygen atoms in total. The zero-order valence-corrected chi connectivity index (χ0v) is 17.1. The maximum absolute atomic E-state index is 12.8. The van der Waals surface area contributed by atoms with Crippen LogP contribution in [0.4, 0.5) is 0 Å². The monoisotopic (exact) mass is 400 g/mol. The molecule has 28 heavy (non-hydrogen) atoms. The molecule has 1 atom stereocenters. The summed E-state index contributed by atoms with van der Waals surface area (Å²) in [6.07, 6.45) is 4.62. The zero-order chi connectivity index (χ0) is 20.0. The summed E-state index contributed by atoms with van der Waals surface area (Å²) in [4.78, 5) is 12.6. The van der Waals surface area contributed by atoms with Crippen LogP contribution >= 0.6 is 0 Å². The summed E-state index contributed by atoms with van der Waals surface area (Å²) in [5.41, 5.74) is 1.73. The molecule has 6 heteroatoms. The zero-order valence-electron chi connectivity index (χ0n) is 16.3. The molecule has 0 aliphatic carbocycles. The van der Waals surface area contributed by atoms with Gasteiger partial charge in [-0.05, 0) is 62.4 Å². The molecule has 0 saturated carbocycles. The average Bonchev–Trinajstić information content (AvgIpc) is 2.72. The molecule has 1 amide bonds. The van der Waals surface area contributed by atoms with Crippen LogP contribution in [0.25, 0.3) is 0 Å². The fourth-order valence-electron chi connectivity index (χ4n) is 3.58. The lowest BCUT2D eigenvalue weighted by atomic mass is 10.1. The van der Waals surface area contributed by atoms with E-state index in [1.54, 1.807) is 16.4 Å². The van der Waals surface area contributed by atoms with Gasteiger partial charge < -0.3 is 5.32 Å². The highest BCUT2D eigenvalue weighted by Gasteiger charge is 2.30. The lowest BCUT2D eigenvalue weighted by molar-refractivity contribution is 0.0953. The van der Waals surface area contributed by atoms with Crippen molar-refractivity contribution in [2.45, 2.75) is 50.0 Å². The van der Waals surface area contributed by atoms with Gasteiger partial charge in [0.2, 0.25) is 10.0 Å². The van der Waals surface area contributed by atoms with Gasteiger partial charge in [0.05, 0.1) is 4.90 Å². The SMILES string of the molecule is CC1CCCCN1S(=O)(=O)c1ccc(C(=O)NCCCc2ccccc2)cc1. The molecule has 1 aliphatic heterocycles. The number of benzene rings is 2. The molecule has 3 rings (SSSR count). The van der Waals surface area contributed by atoms with Gasteiger partial charge in [0.15, 0.2) is 0 Å². The van der Waals surface area contributed by atoms with Crippen LogP contribution in [0.3, 0.4) is 0 Å². The molecule has 1 unspecified atom stereocenters. The van der Waals surface area contributed by atoms with Crippen LogP contribution in [-0.2, 0) is 16.4 Å². The number of rotatable bonds is 7. The van der Waals surface area contributed by atoms with Crippen molar-refractivity contribution in [3.63, 3.8) is 0 Å². The third kappa shape index (κ3) is 5.00. The second kappa shape index (κ2) is 9.34. The Hall–Kier alpha value is -2.18. The molecular formula is C22H28N2O3S. The molecule has 150 valence electrons. The summed E-state index contributed by atoms with van der Waals surface area (Å²) < 4.78 is 27.3. The van der Waals surface area contributed by atoms with E-state index in [1.165, 1.54) is 17.7 Å². The Kier molecular flexibility index (Phi) is 6.86. The highest BCUT2D eigenvalue weighted by molar-refractivity contribution is 7.89. The summed E-state index contributed by atoms with van der Waals surface area (Å²) in [6.45, 7) is 3.10. The van der Waals surface area contributed by atoms with Gasteiger partial charge in [-0.1, -0.05) is 36.8 Å². The van der Waals surface area contributed by atoms with Crippen molar-refractivity contribution >= 4 is 15.9 Å². The van der Waals surface area contributed by atoms with Crippen LogP contribution in [0.5, 0.6) is 0 Å². The van der Waals surface area contributed by atoms with Crippen LogP contribution in [0.1, 0.15) is 48.5 Å². The molecule has 0 spiro atoms. The first-order chi connectivity index (χ1) is 13.5. The minimum Gasteiger partial charge on any atom is -0.352 e. The second-order valence-corrected chi connectivity index (χ2v) is 9.22. The van der Waals surface area contributed by atoms with E-state index in [2.05, 4.69) is 17.4 Å². The first-order valence-electron chi connectivity index (χ1n) is 9.92. The van der Waals surface area contributed by atoms with Crippen molar-refractivity contribution in [2.75, 3.05) is 13.1 Å². The van der Waals surface area contributed by atoms with Gasteiger partial charge in [-0.2, -0.15) is 4.31 Å². The molecule has 0 bridgehead atoms. The normalized spacial score (nSPS) is 18.0. The van der Waals surface area contributed by atoms with Crippen LogP contribution in [0.2, 0.25) is 0 Å². The summed E-state index contributed by atoms with van der Waals surface area (Å²) >= 11 is 0. The fraction of sp³-hybridized carbons (Fsp3) is 0.409. The average molecular weight is 401 g/mol. The van der Waals surface area contributed by atoms with Gasteiger partial charge in [0.1, 0.15) is 0 Å². The Bertz CT molecular complexity index is 880. The van der Waals surface area contributed by atoms with E-state index in [-0.39, 0.29) is 16.8 Å². The number of hydrogen-bond donors (Lipinski definition) is 1. The van der Waals surface area contributed by atoms with E-state index in [9.17, 15) is 13.2 Å². The summed E-state index contributed by atoms with van der Waals surface area (Å²) in [5, 5.41) is 2.90. The van der Waals surface area contributed by atoms with Gasteiger partial charge in [-0.3, -0.25) is 4.79 Å². The maximum atomic E-state index is 12.8. The Balaban J connectivity index is 1.55. The van der Waals surface area contributed by atoms with E-state index in [0.29, 0.717) is 18.7 Å². The molecule has 1 heterocycles. The number of carbonyl (C=O) groups is 1. The maximum Gasteiger partial charge on any atom is 0.251 e. The van der Waals surface area contributed by atoms with E-state index in [0.717, 1.165) is 32.1 Å². The predicted molar refractivity (Wildman–Crippen MR) is 111 cm³/mol. The number of aryl methyl sites for hydroxylation is 1. The molecule has 0 aromatic heterocycles. The summed E-state index contributed by atoms with van der Waals surface area (Å²) in [6, 6.07) is 16.4. The highest BCUT2D eigenvalue weighted by atomic mass is 32.2. The van der Waals surface area contributed by atoms with Gasteiger partial charge in [0.25, 0.3) is 5.91 Å². The number of sulfonamides is 1. The molecule has 1 fully saturated rings. The molecule has 0 radical (unpaired) electrons. The number of nitrogens with one attached hydrogen (secondary N) is 1. The lowest BCUT2D eigenvalue weighted by Crippen LogP contribution is -2.41. The van der Waals surface area contributed by atoms with Crippen molar-refractivity contribution in [1.82, 2.24) is 9.62 Å². The molecule has 1 aliphatic rings. The van der Waals surface area contributed by atoms with Gasteiger partial charge in [-0.25, -0.2) is 8.42 Å². The molecule has 1 N–H and O–H groups in total. The minimum absolute atomic E-state index is 0.0198. The molecule has 2 aromatic rings. The van der Waals surface area contributed by atoms with Crippen LogP contribution in [-0.4, -0.2) is 37.8 Å². The van der Waals surface area contributed by atoms with E-state index >= 15 is 0 Å². The van der Waals surface area contributed by atoms with Gasteiger partial charge >= 0.3 is 0 Å². The number of carbonyl (C=O) groups excluding carboxylic acids is 1. The Labute approximate surface area is 167 Å². The van der Waals surface area contributed by atoms with Gasteiger partial charge in [-0.15, -0.1) is 0 Å². The number of piperidine rings is 1. The Morgan fingerprint density at radius 3 is 2.46 bits per heavy atom. The highest BCUT2D eigenvalue weighted by Crippen LogP contribution is 2.25. The largest absolute Gasteiger partial charge is 0.352 e. The lowest BCUT2D eigenvalue weighted by Gasteiger charge is -2.32. The van der Waals surface area contributed by atoms with E-state index < -0.39 is 10.0 Å². The van der Waals surface area contributed by atoms with E-state index in [1.807, 2.05) is 25.1 Å². The fourth-order valence-corrected chi connectivity index (χ4v) is 5.28.